The number of nitrogens with one attached hydrogen (secondary N) is 1. The predicted molar refractivity (Wildman–Crippen MR) is 129 cm³/mol. The van der Waals surface area contributed by atoms with Crippen LogP contribution < -0.4 is 10.1 Å². The number of methoxy groups -OCH3 is 1. The molecule has 8 nitrogen and oxygen atoms in total. The van der Waals surface area contributed by atoms with Gasteiger partial charge in [0.15, 0.2) is 5.11 Å². The highest BCUT2D eigenvalue weighted by molar-refractivity contribution is 7.80. The van der Waals surface area contributed by atoms with Gasteiger partial charge < -0.3 is 15.0 Å². The molecule has 5 rings (SSSR count). The van der Waals surface area contributed by atoms with E-state index in [4.69, 9.17) is 17.0 Å². The van der Waals surface area contributed by atoms with Gasteiger partial charge in [0, 0.05) is 29.7 Å². The molecule has 1 aromatic carbocycles. The topological polar surface area (TPSA) is 73.0 Å². The Morgan fingerprint density at radius 3 is 2.48 bits per heavy atom. The summed E-state index contributed by atoms with van der Waals surface area (Å²) >= 11 is 5.84. The second kappa shape index (κ2) is 8.67. The zero-order valence-corrected chi connectivity index (χ0v) is 19.5. The Labute approximate surface area is 197 Å². The van der Waals surface area contributed by atoms with Crippen LogP contribution in [0.2, 0.25) is 0 Å². The largest absolute Gasteiger partial charge is 0.497 e. The number of thiocarbonyl (C=S) groups is 1. The van der Waals surface area contributed by atoms with E-state index >= 15 is 0 Å². The summed E-state index contributed by atoms with van der Waals surface area (Å²) in [5.74, 6) is 0.835. The van der Waals surface area contributed by atoms with Crippen molar-refractivity contribution in [1.29, 1.82) is 0 Å². The molecule has 33 heavy (non-hydrogen) atoms. The molecule has 0 saturated carbocycles. The molecule has 9 heteroatoms. The first-order valence-corrected chi connectivity index (χ1v) is 11.1. The van der Waals surface area contributed by atoms with Crippen molar-refractivity contribution >= 4 is 17.3 Å². The maximum Gasteiger partial charge on any atom is 0.170 e. The van der Waals surface area contributed by atoms with Crippen molar-refractivity contribution in [2.75, 3.05) is 7.11 Å². The van der Waals surface area contributed by atoms with Gasteiger partial charge in [-0.15, -0.1) is 10.2 Å². The summed E-state index contributed by atoms with van der Waals surface area (Å²) in [6.45, 7) is 4.87. The Kier molecular flexibility index (Phi) is 5.55. The molecular weight excluding hydrogens is 434 g/mol. The molecule has 2 atom stereocenters. The van der Waals surface area contributed by atoms with Crippen molar-refractivity contribution in [2.45, 2.75) is 32.5 Å². The van der Waals surface area contributed by atoms with Crippen molar-refractivity contribution in [3.8, 4) is 5.75 Å². The predicted octanol–water partition coefficient (Wildman–Crippen LogP) is 3.58. The van der Waals surface area contributed by atoms with E-state index in [-0.39, 0.29) is 12.1 Å². The van der Waals surface area contributed by atoms with Crippen LogP contribution in [0.25, 0.3) is 0 Å². The maximum absolute atomic E-state index is 5.84. The summed E-state index contributed by atoms with van der Waals surface area (Å²) < 4.78 is 9.31. The van der Waals surface area contributed by atoms with Crippen molar-refractivity contribution in [3.05, 3.63) is 95.6 Å². The van der Waals surface area contributed by atoms with Crippen molar-refractivity contribution < 1.29 is 4.74 Å². The van der Waals surface area contributed by atoms with Crippen LogP contribution in [0.4, 0.5) is 0 Å². The minimum atomic E-state index is -0.0770. The lowest BCUT2D eigenvalue weighted by Gasteiger charge is -2.28. The molecule has 1 saturated heterocycles. The number of hydrogen-bond acceptors (Lipinski definition) is 5. The highest BCUT2D eigenvalue weighted by Gasteiger charge is 2.41. The van der Waals surface area contributed by atoms with Crippen molar-refractivity contribution in [2.24, 2.45) is 0 Å². The van der Waals surface area contributed by atoms with Gasteiger partial charge in [0.2, 0.25) is 0 Å². The van der Waals surface area contributed by atoms with Gasteiger partial charge in [0.1, 0.15) is 18.4 Å². The molecule has 1 fully saturated rings. The normalized spacial score (nSPS) is 17.9. The highest BCUT2D eigenvalue weighted by Crippen LogP contribution is 2.41. The van der Waals surface area contributed by atoms with Crippen LogP contribution in [0.15, 0.2) is 67.4 Å². The van der Waals surface area contributed by atoms with Gasteiger partial charge in [-0.1, -0.05) is 18.2 Å². The van der Waals surface area contributed by atoms with Gasteiger partial charge in [-0.3, -0.25) is 9.66 Å². The van der Waals surface area contributed by atoms with Crippen LogP contribution in [0.1, 0.15) is 40.3 Å². The average molecular weight is 460 g/mol. The number of ether oxygens (including phenoxy) is 1. The zero-order chi connectivity index (χ0) is 22.9. The zero-order valence-electron chi connectivity index (χ0n) is 18.7. The lowest BCUT2D eigenvalue weighted by molar-refractivity contribution is 0.309. The summed E-state index contributed by atoms with van der Waals surface area (Å²) in [6, 6.07) is 16.2. The molecule has 4 aromatic rings. The fourth-order valence-corrected chi connectivity index (χ4v) is 4.88. The molecule has 1 aliphatic rings. The molecule has 0 spiro atoms. The van der Waals surface area contributed by atoms with Crippen LogP contribution in [0.3, 0.4) is 0 Å². The molecule has 0 amide bonds. The first-order valence-electron chi connectivity index (χ1n) is 10.7. The Bertz CT molecular complexity index is 1250. The van der Waals surface area contributed by atoms with Crippen LogP contribution in [-0.2, 0) is 6.54 Å². The van der Waals surface area contributed by atoms with E-state index in [1.54, 1.807) is 19.8 Å². The van der Waals surface area contributed by atoms with E-state index in [0.29, 0.717) is 11.7 Å². The smallest absolute Gasteiger partial charge is 0.170 e. The van der Waals surface area contributed by atoms with Crippen molar-refractivity contribution in [3.63, 3.8) is 0 Å². The second-order valence-electron chi connectivity index (χ2n) is 8.08. The summed E-state index contributed by atoms with van der Waals surface area (Å²) in [6.07, 6.45) is 5.23. The molecule has 0 radical (unpaired) electrons. The number of hydrogen-bond donors (Lipinski definition) is 1. The van der Waals surface area contributed by atoms with E-state index in [1.165, 1.54) is 5.56 Å². The Balaban J connectivity index is 1.58. The molecule has 0 aliphatic carbocycles. The van der Waals surface area contributed by atoms with E-state index < -0.39 is 0 Å². The molecule has 2 unspecified atom stereocenters. The van der Waals surface area contributed by atoms with Crippen LogP contribution in [0, 0.1) is 13.8 Å². The lowest BCUT2D eigenvalue weighted by Crippen LogP contribution is -2.29. The minimum absolute atomic E-state index is 0.0362. The van der Waals surface area contributed by atoms with Gasteiger partial charge in [-0.25, -0.2) is 4.68 Å². The molecule has 4 heterocycles. The standard InChI is InChI=1S/C24H25N7OS/c1-16-12-20(17(2)31(16)29-14-26-27-15-29)23-22(21-6-4-5-11-25-21)28-24(33)30(23)13-18-7-9-19(32-3)10-8-18/h4-12,14-15,22-23H,13H2,1-3H3,(H,28,33). The Hall–Kier alpha value is -3.72. The summed E-state index contributed by atoms with van der Waals surface area (Å²) in [4.78, 5) is 6.89. The average Bonchev–Trinajstić information content (AvgIpc) is 3.54. The second-order valence-corrected chi connectivity index (χ2v) is 8.47. The first kappa shape index (κ1) is 21.1. The SMILES string of the molecule is COc1ccc(CN2C(=S)NC(c3ccccn3)C2c2cc(C)n(-n3cnnc3)c2C)cc1. The van der Waals surface area contributed by atoms with Gasteiger partial charge >= 0.3 is 0 Å². The number of rotatable bonds is 6. The highest BCUT2D eigenvalue weighted by atomic mass is 32.1. The van der Waals surface area contributed by atoms with Gasteiger partial charge in [-0.2, -0.15) is 0 Å². The fourth-order valence-electron chi connectivity index (χ4n) is 4.57. The van der Waals surface area contributed by atoms with Gasteiger partial charge in [0.25, 0.3) is 0 Å². The van der Waals surface area contributed by atoms with E-state index in [2.05, 4.69) is 62.1 Å². The molecule has 1 N–H and O–H groups in total. The summed E-state index contributed by atoms with van der Waals surface area (Å²) in [7, 11) is 1.67. The number of benzene rings is 1. The quantitative estimate of drug-likeness (QED) is 0.442. The number of aromatic nitrogens is 5. The third kappa shape index (κ3) is 3.84. The lowest BCUT2D eigenvalue weighted by atomic mass is 9.96. The van der Waals surface area contributed by atoms with Gasteiger partial charge in [-0.05, 0) is 62.0 Å². The molecule has 1 aliphatic heterocycles. The molecular formula is C24H25N7OS. The minimum Gasteiger partial charge on any atom is -0.497 e. The number of aryl methyl sites for hydroxylation is 1. The number of pyridine rings is 1. The van der Waals surface area contributed by atoms with E-state index in [9.17, 15) is 0 Å². The summed E-state index contributed by atoms with van der Waals surface area (Å²) in [5, 5.41) is 12.2. The maximum atomic E-state index is 5.84. The fraction of sp³-hybridized carbons (Fsp3) is 0.250. The van der Waals surface area contributed by atoms with Crippen LogP contribution in [0.5, 0.6) is 5.75 Å². The summed E-state index contributed by atoms with van der Waals surface area (Å²) in [5.41, 5.74) is 5.47. The third-order valence-electron chi connectivity index (χ3n) is 6.10. The van der Waals surface area contributed by atoms with Crippen molar-refractivity contribution in [1.82, 2.24) is 34.8 Å². The Morgan fingerprint density at radius 1 is 1.06 bits per heavy atom. The Morgan fingerprint density at radius 2 is 1.82 bits per heavy atom. The third-order valence-corrected chi connectivity index (χ3v) is 6.45. The molecule has 3 aromatic heterocycles. The van der Waals surface area contributed by atoms with E-state index in [0.717, 1.165) is 28.4 Å². The van der Waals surface area contributed by atoms with E-state index in [1.807, 2.05) is 41.2 Å². The first-order chi connectivity index (χ1) is 16.1. The molecule has 168 valence electrons. The molecule has 0 bridgehead atoms. The van der Waals surface area contributed by atoms with Crippen LogP contribution >= 0.6 is 12.2 Å². The monoisotopic (exact) mass is 459 g/mol. The van der Waals surface area contributed by atoms with Crippen LogP contribution in [-0.4, -0.2) is 41.7 Å². The number of nitrogens with zero attached hydrogens (tertiary/aromatic N) is 6. The van der Waals surface area contributed by atoms with Gasteiger partial charge in [0.05, 0.1) is 24.9 Å².